The molecular weight excluding hydrogens is 310 g/mol. The second-order valence-corrected chi connectivity index (χ2v) is 4.83. The summed E-state index contributed by atoms with van der Waals surface area (Å²) in [6, 6.07) is 7.43. The van der Waals surface area contributed by atoms with Gasteiger partial charge in [-0.25, -0.2) is 4.68 Å². The van der Waals surface area contributed by atoms with Crippen LogP contribution in [-0.4, -0.2) is 27.4 Å². The standard InChI is InChI=1S/C12H14BrN5O/c13-10-3-1-2-4-11(10)15-12(19)8-18-7-9(5-6-14)16-17-18/h1-4,7H,5-6,8,14H2,(H,15,19). The smallest absolute Gasteiger partial charge is 0.246 e. The van der Waals surface area contributed by atoms with Gasteiger partial charge in [-0.15, -0.1) is 5.10 Å². The van der Waals surface area contributed by atoms with Crippen molar-refractivity contribution in [3.8, 4) is 0 Å². The van der Waals surface area contributed by atoms with Gasteiger partial charge >= 0.3 is 0 Å². The fourth-order valence-electron chi connectivity index (χ4n) is 1.58. The van der Waals surface area contributed by atoms with E-state index in [2.05, 4.69) is 31.6 Å². The Kier molecular flexibility index (Phi) is 4.64. The van der Waals surface area contributed by atoms with Crippen LogP contribution in [0.5, 0.6) is 0 Å². The van der Waals surface area contributed by atoms with Gasteiger partial charge in [-0.3, -0.25) is 4.79 Å². The summed E-state index contributed by atoms with van der Waals surface area (Å²) in [5, 5.41) is 10.6. The lowest BCUT2D eigenvalue weighted by Crippen LogP contribution is -2.19. The van der Waals surface area contributed by atoms with E-state index in [4.69, 9.17) is 5.73 Å². The first kappa shape index (κ1) is 13.7. The number of halogens is 1. The predicted molar refractivity (Wildman–Crippen MR) is 75.6 cm³/mol. The Morgan fingerprint density at radius 2 is 2.21 bits per heavy atom. The maximum atomic E-state index is 11.9. The number of hydrogen-bond donors (Lipinski definition) is 2. The van der Waals surface area contributed by atoms with Crippen LogP contribution in [0.25, 0.3) is 0 Å². The summed E-state index contributed by atoms with van der Waals surface area (Å²) in [4.78, 5) is 11.9. The number of carbonyl (C=O) groups is 1. The Bertz CT molecular complexity index is 569. The van der Waals surface area contributed by atoms with Crippen LogP contribution in [0.3, 0.4) is 0 Å². The van der Waals surface area contributed by atoms with Gasteiger partial charge in [-0.05, 0) is 34.6 Å². The van der Waals surface area contributed by atoms with Gasteiger partial charge in [0.05, 0.1) is 11.4 Å². The number of carbonyl (C=O) groups excluding carboxylic acids is 1. The fourth-order valence-corrected chi connectivity index (χ4v) is 1.96. The molecule has 0 spiro atoms. The van der Waals surface area contributed by atoms with Gasteiger partial charge in [0.25, 0.3) is 0 Å². The second kappa shape index (κ2) is 6.44. The van der Waals surface area contributed by atoms with Gasteiger partial charge in [0.2, 0.25) is 5.91 Å². The molecule has 0 aliphatic heterocycles. The summed E-state index contributed by atoms with van der Waals surface area (Å²) >= 11 is 3.37. The molecule has 1 amide bonds. The molecule has 0 saturated heterocycles. The maximum Gasteiger partial charge on any atom is 0.246 e. The fraction of sp³-hybridized carbons (Fsp3) is 0.250. The van der Waals surface area contributed by atoms with Crippen molar-refractivity contribution in [2.45, 2.75) is 13.0 Å². The first-order valence-corrected chi connectivity index (χ1v) is 6.62. The number of nitrogens with two attached hydrogens (primary N) is 1. The van der Waals surface area contributed by atoms with E-state index in [9.17, 15) is 4.79 Å². The van der Waals surface area contributed by atoms with Gasteiger partial charge in [-0.2, -0.15) is 0 Å². The van der Waals surface area contributed by atoms with E-state index in [0.717, 1.165) is 15.9 Å². The molecule has 0 fully saturated rings. The van der Waals surface area contributed by atoms with E-state index >= 15 is 0 Å². The largest absolute Gasteiger partial charge is 0.330 e. The van der Waals surface area contributed by atoms with Crippen LogP contribution in [0.1, 0.15) is 5.69 Å². The highest BCUT2D eigenvalue weighted by atomic mass is 79.9. The summed E-state index contributed by atoms with van der Waals surface area (Å²) in [7, 11) is 0. The summed E-state index contributed by atoms with van der Waals surface area (Å²) in [5.41, 5.74) is 6.95. The average molecular weight is 324 g/mol. The summed E-state index contributed by atoms with van der Waals surface area (Å²) in [6.45, 7) is 0.640. The van der Waals surface area contributed by atoms with E-state index in [1.165, 1.54) is 4.68 Å². The Labute approximate surface area is 119 Å². The number of para-hydroxylation sites is 1. The highest BCUT2D eigenvalue weighted by Gasteiger charge is 2.07. The lowest BCUT2D eigenvalue weighted by Gasteiger charge is -2.06. The number of nitrogens with zero attached hydrogens (tertiary/aromatic N) is 3. The molecule has 1 aromatic carbocycles. The molecule has 19 heavy (non-hydrogen) atoms. The highest BCUT2D eigenvalue weighted by Crippen LogP contribution is 2.20. The van der Waals surface area contributed by atoms with Crippen molar-refractivity contribution in [1.82, 2.24) is 15.0 Å². The molecular formula is C12H14BrN5O. The topological polar surface area (TPSA) is 85.8 Å². The van der Waals surface area contributed by atoms with Gasteiger partial charge in [0.1, 0.15) is 6.54 Å². The van der Waals surface area contributed by atoms with Crippen LogP contribution in [-0.2, 0) is 17.8 Å². The monoisotopic (exact) mass is 323 g/mol. The third kappa shape index (κ3) is 3.87. The van der Waals surface area contributed by atoms with Crippen LogP contribution < -0.4 is 11.1 Å². The zero-order valence-corrected chi connectivity index (χ0v) is 11.8. The van der Waals surface area contributed by atoms with E-state index in [0.29, 0.717) is 13.0 Å². The van der Waals surface area contributed by atoms with Crippen molar-refractivity contribution in [1.29, 1.82) is 0 Å². The number of benzene rings is 1. The molecule has 0 bridgehead atoms. The predicted octanol–water partition coefficient (Wildman–Crippen LogP) is 1.18. The molecule has 2 rings (SSSR count). The zero-order chi connectivity index (χ0) is 13.7. The molecule has 7 heteroatoms. The molecule has 0 radical (unpaired) electrons. The third-order valence-electron chi connectivity index (χ3n) is 2.44. The van der Waals surface area contributed by atoms with Crippen molar-refractivity contribution in [2.24, 2.45) is 5.73 Å². The molecule has 0 aliphatic rings. The van der Waals surface area contributed by atoms with Gasteiger partial charge < -0.3 is 11.1 Å². The number of aromatic nitrogens is 3. The van der Waals surface area contributed by atoms with E-state index in [1.807, 2.05) is 24.3 Å². The van der Waals surface area contributed by atoms with Crippen LogP contribution in [0.4, 0.5) is 5.69 Å². The van der Waals surface area contributed by atoms with Crippen LogP contribution in [0.2, 0.25) is 0 Å². The number of hydrogen-bond acceptors (Lipinski definition) is 4. The molecule has 1 heterocycles. The first-order chi connectivity index (χ1) is 9.19. The Morgan fingerprint density at radius 3 is 2.95 bits per heavy atom. The molecule has 3 N–H and O–H groups in total. The van der Waals surface area contributed by atoms with Crippen molar-refractivity contribution in [2.75, 3.05) is 11.9 Å². The molecule has 2 aromatic rings. The summed E-state index contributed by atoms with van der Waals surface area (Å²) < 4.78 is 2.34. The number of anilines is 1. The van der Waals surface area contributed by atoms with Crippen LogP contribution in [0, 0.1) is 0 Å². The van der Waals surface area contributed by atoms with Crippen molar-refractivity contribution in [3.63, 3.8) is 0 Å². The number of rotatable bonds is 5. The summed E-state index contributed by atoms with van der Waals surface area (Å²) in [6.07, 6.45) is 2.39. The molecule has 0 aliphatic carbocycles. The third-order valence-corrected chi connectivity index (χ3v) is 3.13. The average Bonchev–Trinajstić information content (AvgIpc) is 2.80. The van der Waals surface area contributed by atoms with E-state index in [-0.39, 0.29) is 12.5 Å². The lowest BCUT2D eigenvalue weighted by molar-refractivity contribution is -0.116. The Morgan fingerprint density at radius 1 is 1.42 bits per heavy atom. The van der Waals surface area contributed by atoms with E-state index < -0.39 is 0 Å². The highest BCUT2D eigenvalue weighted by molar-refractivity contribution is 9.10. The SMILES string of the molecule is NCCc1cn(CC(=O)Nc2ccccc2Br)nn1. The normalized spacial score (nSPS) is 10.4. The Balaban J connectivity index is 1.95. The van der Waals surface area contributed by atoms with E-state index in [1.54, 1.807) is 6.20 Å². The van der Waals surface area contributed by atoms with Crippen molar-refractivity contribution >= 4 is 27.5 Å². The van der Waals surface area contributed by atoms with Crippen molar-refractivity contribution in [3.05, 3.63) is 40.6 Å². The molecule has 1 aromatic heterocycles. The number of nitrogens with one attached hydrogen (secondary N) is 1. The minimum absolute atomic E-state index is 0.124. The minimum atomic E-state index is -0.156. The van der Waals surface area contributed by atoms with Gasteiger partial charge in [0.15, 0.2) is 0 Å². The zero-order valence-electron chi connectivity index (χ0n) is 10.2. The van der Waals surface area contributed by atoms with Crippen LogP contribution in [0.15, 0.2) is 34.9 Å². The first-order valence-electron chi connectivity index (χ1n) is 5.82. The summed E-state index contributed by atoms with van der Waals surface area (Å²) in [5.74, 6) is -0.156. The van der Waals surface area contributed by atoms with Gasteiger partial charge in [0, 0.05) is 17.1 Å². The molecule has 0 saturated carbocycles. The molecule has 0 atom stereocenters. The molecule has 100 valence electrons. The maximum absolute atomic E-state index is 11.9. The molecule has 0 unspecified atom stereocenters. The lowest BCUT2D eigenvalue weighted by atomic mass is 10.3. The molecule has 6 nitrogen and oxygen atoms in total. The second-order valence-electron chi connectivity index (χ2n) is 3.97. The number of amides is 1. The minimum Gasteiger partial charge on any atom is -0.330 e. The van der Waals surface area contributed by atoms with Crippen molar-refractivity contribution < 1.29 is 4.79 Å². The van der Waals surface area contributed by atoms with Gasteiger partial charge in [-0.1, -0.05) is 17.3 Å². The quantitative estimate of drug-likeness (QED) is 0.865. The van der Waals surface area contributed by atoms with Crippen LogP contribution >= 0.6 is 15.9 Å². The Hall–Kier alpha value is -1.73.